The Morgan fingerprint density at radius 2 is 2.16 bits per heavy atom. The van der Waals surface area contributed by atoms with Gasteiger partial charge in [-0.2, -0.15) is 0 Å². The van der Waals surface area contributed by atoms with Crippen LogP contribution in [0.5, 0.6) is 0 Å². The van der Waals surface area contributed by atoms with Crippen molar-refractivity contribution in [2.24, 2.45) is 5.92 Å². The molecule has 4 rings (SSSR count). The summed E-state index contributed by atoms with van der Waals surface area (Å²) in [5, 5.41) is 6.42. The summed E-state index contributed by atoms with van der Waals surface area (Å²) >= 11 is 0. The highest BCUT2D eigenvalue weighted by Gasteiger charge is 2.31. The molecule has 2 fully saturated rings. The summed E-state index contributed by atoms with van der Waals surface area (Å²) in [5.74, 6) is 0.924. The van der Waals surface area contributed by atoms with Crippen LogP contribution in [0.2, 0.25) is 0 Å². The first-order chi connectivity index (χ1) is 15.1. The summed E-state index contributed by atoms with van der Waals surface area (Å²) in [6.07, 6.45) is 10.0. The van der Waals surface area contributed by atoms with Gasteiger partial charge in [-0.15, -0.1) is 0 Å². The van der Waals surface area contributed by atoms with Gasteiger partial charge in [0.25, 0.3) is 5.91 Å². The highest BCUT2D eigenvalue weighted by Crippen LogP contribution is 2.24. The zero-order valence-corrected chi connectivity index (χ0v) is 17.9. The third kappa shape index (κ3) is 4.71. The number of amides is 2. The van der Waals surface area contributed by atoms with Crippen LogP contribution < -0.4 is 10.6 Å². The van der Waals surface area contributed by atoms with Gasteiger partial charge in [0.05, 0.1) is 23.9 Å². The maximum Gasteiger partial charge on any atom is 0.255 e. The molecule has 9 heteroatoms. The highest BCUT2D eigenvalue weighted by atomic mass is 16.5. The molecule has 166 valence electrons. The molecule has 2 aromatic rings. The minimum atomic E-state index is -0.185. The third-order valence-corrected chi connectivity index (χ3v) is 6.33. The largest absolute Gasteiger partial charge is 0.377 e. The Labute approximate surface area is 181 Å². The number of ether oxygens (including phenoxy) is 1. The summed E-state index contributed by atoms with van der Waals surface area (Å²) in [6.45, 7) is 5.34. The SMILES string of the molecule is C=CC(=O)N1CC[C@@H](Nc2cnc3[nH]cc(C(=O)NCC4CCCC4)c3n2)[C@@H](OC)C1. The molecule has 2 atom stereocenters. The van der Waals surface area contributed by atoms with Gasteiger partial charge < -0.3 is 25.3 Å². The number of rotatable bonds is 7. The number of nitrogens with one attached hydrogen (secondary N) is 3. The molecular weight excluding hydrogens is 396 g/mol. The van der Waals surface area contributed by atoms with E-state index in [1.807, 2.05) is 0 Å². The average Bonchev–Trinajstić information content (AvgIpc) is 3.47. The Morgan fingerprint density at radius 1 is 1.35 bits per heavy atom. The van der Waals surface area contributed by atoms with E-state index in [4.69, 9.17) is 4.74 Å². The second-order valence-corrected chi connectivity index (χ2v) is 8.32. The molecule has 3 heterocycles. The van der Waals surface area contributed by atoms with Gasteiger partial charge in [-0.1, -0.05) is 19.4 Å². The first kappa shape index (κ1) is 21.3. The number of nitrogens with zero attached hydrogens (tertiary/aromatic N) is 3. The van der Waals surface area contributed by atoms with Crippen LogP contribution in [0.15, 0.2) is 25.0 Å². The lowest BCUT2D eigenvalue weighted by molar-refractivity contribution is -0.129. The number of anilines is 1. The summed E-state index contributed by atoms with van der Waals surface area (Å²) < 4.78 is 5.61. The number of hydrogen-bond donors (Lipinski definition) is 3. The first-order valence-corrected chi connectivity index (χ1v) is 10.9. The Hall–Kier alpha value is -2.94. The minimum absolute atomic E-state index is 0.0239. The Bertz CT molecular complexity index is 952. The van der Waals surface area contributed by atoms with Crippen molar-refractivity contribution in [2.45, 2.75) is 44.2 Å². The zero-order chi connectivity index (χ0) is 21.8. The van der Waals surface area contributed by atoms with Gasteiger partial charge >= 0.3 is 0 Å². The van der Waals surface area contributed by atoms with Crippen LogP contribution in [0.3, 0.4) is 0 Å². The lowest BCUT2D eigenvalue weighted by atomic mass is 10.0. The number of fused-ring (bicyclic) bond motifs is 1. The van der Waals surface area contributed by atoms with Gasteiger partial charge in [-0.25, -0.2) is 9.97 Å². The van der Waals surface area contributed by atoms with Crippen molar-refractivity contribution >= 4 is 28.8 Å². The Balaban J connectivity index is 1.45. The van der Waals surface area contributed by atoms with Gasteiger partial charge in [0, 0.05) is 32.9 Å². The van der Waals surface area contributed by atoms with Crippen LogP contribution in [-0.4, -0.2) is 70.6 Å². The second kappa shape index (κ2) is 9.47. The van der Waals surface area contributed by atoms with Crippen LogP contribution in [-0.2, 0) is 9.53 Å². The number of aromatic nitrogens is 3. The molecule has 0 unspecified atom stereocenters. The van der Waals surface area contributed by atoms with Crippen molar-refractivity contribution in [3.63, 3.8) is 0 Å². The maximum atomic E-state index is 12.7. The topological polar surface area (TPSA) is 112 Å². The van der Waals surface area contributed by atoms with E-state index in [-0.39, 0.29) is 24.0 Å². The predicted molar refractivity (Wildman–Crippen MR) is 118 cm³/mol. The van der Waals surface area contributed by atoms with Crippen molar-refractivity contribution < 1.29 is 14.3 Å². The molecule has 1 aliphatic carbocycles. The van der Waals surface area contributed by atoms with E-state index in [1.165, 1.54) is 31.8 Å². The number of carbonyl (C=O) groups is 2. The molecular formula is C22H30N6O3. The predicted octanol–water partition coefficient (Wildman–Crippen LogP) is 2.09. The number of methoxy groups -OCH3 is 1. The zero-order valence-electron chi connectivity index (χ0n) is 17.9. The average molecular weight is 427 g/mol. The van der Waals surface area contributed by atoms with Crippen LogP contribution in [0.25, 0.3) is 11.2 Å². The number of likely N-dealkylation sites (tertiary alicyclic amines) is 1. The number of aromatic amines is 1. The van der Waals surface area contributed by atoms with E-state index in [9.17, 15) is 9.59 Å². The number of carbonyl (C=O) groups excluding carboxylic acids is 2. The van der Waals surface area contributed by atoms with Gasteiger partial charge in [-0.3, -0.25) is 9.59 Å². The van der Waals surface area contributed by atoms with Crippen LogP contribution in [0.1, 0.15) is 42.5 Å². The molecule has 3 N–H and O–H groups in total. The van der Waals surface area contributed by atoms with Gasteiger partial charge in [0.15, 0.2) is 5.65 Å². The van der Waals surface area contributed by atoms with E-state index in [2.05, 4.69) is 32.2 Å². The molecule has 1 saturated carbocycles. The van der Waals surface area contributed by atoms with Crippen molar-refractivity contribution in [1.82, 2.24) is 25.2 Å². The molecule has 0 spiro atoms. The van der Waals surface area contributed by atoms with Gasteiger partial charge in [0.2, 0.25) is 5.91 Å². The van der Waals surface area contributed by atoms with E-state index >= 15 is 0 Å². The van der Waals surface area contributed by atoms with E-state index in [0.29, 0.717) is 54.5 Å². The van der Waals surface area contributed by atoms with E-state index in [0.717, 1.165) is 0 Å². The molecule has 0 bridgehead atoms. The highest BCUT2D eigenvalue weighted by molar-refractivity contribution is 6.04. The van der Waals surface area contributed by atoms with Gasteiger partial charge in [0.1, 0.15) is 11.3 Å². The summed E-state index contributed by atoms with van der Waals surface area (Å²) in [5.41, 5.74) is 1.62. The molecule has 0 radical (unpaired) electrons. The van der Waals surface area contributed by atoms with Gasteiger partial charge in [-0.05, 0) is 31.3 Å². The third-order valence-electron chi connectivity index (χ3n) is 6.33. The monoisotopic (exact) mass is 426 g/mol. The molecule has 1 aliphatic heterocycles. The molecule has 2 aliphatic rings. The number of piperidine rings is 1. The van der Waals surface area contributed by atoms with Crippen LogP contribution in [0.4, 0.5) is 5.82 Å². The first-order valence-electron chi connectivity index (χ1n) is 10.9. The standard InChI is InChI=1S/C22H30N6O3/c1-3-19(29)28-9-8-16(17(13-28)31-2)26-18-12-24-21-20(27-18)15(11-23-21)22(30)25-10-14-6-4-5-7-14/h3,11-12,14,16-17H,1,4-10,13H2,2H3,(H,23,24)(H,25,30)(H,26,27)/t16-,17+/m1/s1. The van der Waals surface area contributed by atoms with Crippen molar-refractivity contribution in [3.05, 3.63) is 30.6 Å². The fraction of sp³-hybridized carbons (Fsp3) is 0.545. The molecule has 1 saturated heterocycles. The minimum Gasteiger partial charge on any atom is -0.377 e. The maximum absolute atomic E-state index is 12.7. The molecule has 31 heavy (non-hydrogen) atoms. The van der Waals surface area contributed by atoms with Crippen LogP contribution >= 0.6 is 0 Å². The summed E-state index contributed by atoms with van der Waals surface area (Å²) in [6, 6.07) is -0.0239. The smallest absolute Gasteiger partial charge is 0.255 e. The summed E-state index contributed by atoms with van der Waals surface area (Å²) in [4.78, 5) is 38.5. The fourth-order valence-electron chi connectivity index (χ4n) is 4.52. The molecule has 0 aromatic carbocycles. The lowest BCUT2D eigenvalue weighted by Gasteiger charge is -2.37. The lowest BCUT2D eigenvalue weighted by Crippen LogP contribution is -2.52. The van der Waals surface area contributed by atoms with Crippen LogP contribution in [0, 0.1) is 5.92 Å². The van der Waals surface area contributed by atoms with E-state index < -0.39 is 0 Å². The fourth-order valence-corrected chi connectivity index (χ4v) is 4.52. The van der Waals surface area contributed by atoms with Crippen molar-refractivity contribution in [1.29, 1.82) is 0 Å². The van der Waals surface area contributed by atoms with Crippen molar-refractivity contribution in [3.8, 4) is 0 Å². The van der Waals surface area contributed by atoms with Crippen molar-refractivity contribution in [2.75, 3.05) is 32.1 Å². The number of hydrogen-bond acceptors (Lipinski definition) is 6. The molecule has 9 nitrogen and oxygen atoms in total. The quantitative estimate of drug-likeness (QED) is 0.585. The molecule has 2 aromatic heterocycles. The Morgan fingerprint density at radius 3 is 2.90 bits per heavy atom. The van der Waals surface area contributed by atoms with E-state index in [1.54, 1.807) is 24.4 Å². The molecule has 2 amide bonds. The normalized spacial score (nSPS) is 21.9. The second-order valence-electron chi connectivity index (χ2n) is 8.32. The summed E-state index contributed by atoms with van der Waals surface area (Å²) in [7, 11) is 1.63. The number of H-pyrrole nitrogens is 1. The Kier molecular flexibility index (Phi) is 6.50.